The highest BCUT2D eigenvalue weighted by Crippen LogP contribution is 2.25. The zero-order valence-electron chi connectivity index (χ0n) is 12.9. The number of hydrogen-bond acceptors (Lipinski definition) is 2. The first-order chi connectivity index (χ1) is 8.59. The Morgan fingerprint density at radius 3 is 1.17 bits per heavy atom. The van der Waals surface area contributed by atoms with Crippen LogP contribution in [0.3, 0.4) is 0 Å². The van der Waals surface area contributed by atoms with Crippen molar-refractivity contribution in [1.29, 1.82) is 0 Å². The summed E-state index contributed by atoms with van der Waals surface area (Å²) in [4.78, 5) is 5.44. The van der Waals surface area contributed by atoms with Crippen LogP contribution in [0.1, 0.15) is 66.2 Å². The van der Waals surface area contributed by atoms with Crippen LogP contribution >= 0.6 is 0 Å². The second-order valence-corrected chi connectivity index (χ2v) is 6.73. The van der Waals surface area contributed by atoms with E-state index in [4.69, 9.17) is 0 Å². The Bertz CT molecular complexity index is 207. The third-order valence-electron chi connectivity index (χ3n) is 5.35. The molecule has 0 saturated carbocycles. The standard InChI is InChI=1S/C16H32N2/c1-13-7-8-14(2)17(13)11-5-6-12-18-15(3)9-10-16(18)4/h13-16H,5-12H2,1-4H3. The zero-order chi connectivity index (χ0) is 13.1. The second-order valence-electron chi connectivity index (χ2n) is 6.73. The van der Waals surface area contributed by atoms with E-state index >= 15 is 0 Å². The molecule has 2 fully saturated rings. The van der Waals surface area contributed by atoms with Crippen LogP contribution in [0.25, 0.3) is 0 Å². The minimum atomic E-state index is 0.824. The number of likely N-dealkylation sites (tertiary alicyclic amines) is 2. The molecule has 2 heteroatoms. The quantitative estimate of drug-likeness (QED) is 0.691. The van der Waals surface area contributed by atoms with Gasteiger partial charge in [0.1, 0.15) is 0 Å². The van der Waals surface area contributed by atoms with Crippen molar-refractivity contribution in [2.75, 3.05) is 13.1 Å². The monoisotopic (exact) mass is 252 g/mol. The van der Waals surface area contributed by atoms with Crippen LogP contribution in [-0.2, 0) is 0 Å². The molecule has 0 N–H and O–H groups in total. The summed E-state index contributed by atoms with van der Waals surface area (Å²) in [5, 5.41) is 0. The molecule has 2 nitrogen and oxygen atoms in total. The van der Waals surface area contributed by atoms with E-state index in [0.717, 1.165) is 24.2 Å². The minimum absolute atomic E-state index is 0.824. The van der Waals surface area contributed by atoms with Gasteiger partial charge < -0.3 is 0 Å². The molecule has 0 amide bonds. The van der Waals surface area contributed by atoms with E-state index in [9.17, 15) is 0 Å². The fourth-order valence-electron chi connectivity index (χ4n) is 3.97. The average Bonchev–Trinajstić information content (AvgIpc) is 2.82. The van der Waals surface area contributed by atoms with Crippen LogP contribution in [0.5, 0.6) is 0 Å². The SMILES string of the molecule is CC1CCC(C)N1CCCCN1C(C)CCC1C. The van der Waals surface area contributed by atoms with E-state index < -0.39 is 0 Å². The maximum Gasteiger partial charge on any atom is 0.00703 e. The van der Waals surface area contributed by atoms with Crippen molar-refractivity contribution in [3.8, 4) is 0 Å². The summed E-state index contributed by atoms with van der Waals surface area (Å²) in [5.74, 6) is 0. The Kier molecular flexibility index (Phi) is 5.08. The van der Waals surface area contributed by atoms with E-state index in [-0.39, 0.29) is 0 Å². The van der Waals surface area contributed by atoms with Crippen molar-refractivity contribution in [2.24, 2.45) is 0 Å². The van der Waals surface area contributed by atoms with Gasteiger partial charge in [0.15, 0.2) is 0 Å². The molecule has 4 atom stereocenters. The van der Waals surface area contributed by atoms with Gasteiger partial charge in [0.05, 0.1) is 0 Å². The van der Waals surface area contributed by atoms with Gasteiger partial charge >= 0.3 is 0 Å². The molecule has 0 aliphatic carbocycles. The molecule has 2 rings (SSSR count). The van der Waals surface area contributed by atoms with Crippen LogP contribution in [0.4, 0.5) is 0 Å². The summed E-state index contributed by atoms with van der Waals surface area (Å²) < 4.78 is 0. The number of hydrogen-bond donors (Lipinski definition) is 0. The molecule has 2 saturated heterocycles. The summed E-state index contributed by atoms with van der Waals surface area (Å²) in [6, 6.07) is 3.29. The van der Waals surface area contributed by atoms with Gasteiger partial charge in [-0.3, -0.25) is 9.80 Å². The van der Waals surface area contributed by atoms with Crippen LogP contribution in [-0.4, -0.2) is 47.1 Å². The molecular formula is C16H32N2. The van der Waals surface area contributed by atoms with Crippen LogP contribution in [0.15, 0.2) is 0 Å². The molecule has 0 radical (unpaired) electrons. The van der Waals surface area contributed by atoms with E-state index in [1.165, 1.54) is 51.6 Å². The average molecular weight is 252 g/mol. The summed E-state index contributed by atoms with van der Waals surface area (Å²) >= 11 is 0. The first kappa shape index (κ1) is 14.3. The molecule has 0 bridgehead atoms. The first-order valence-electron chi connectivity index (χ1n) is 8.11. The van der Waals surface area contributed by atoms with E-state index in [0.29, 0.717) is 0 Å². The third kappa shape index (κ3) is 3.27. The molecule has 106 valence electrons. The van der Waals surface area contributed by atoms with Crippen LogP contribution in [0, 0.1) is 0 Å². The lowest BCUT2D eigenvalue weighted by molar-refractivity contribution is 0.185. The largest absolute Gasteiger partial charge is 0.298 e. The Morgan fingerprint density at radius 1 is 0.611 bits per heavy atom. The van der Waals surface area contributed by atoms with Gasteiger partial charge in [0, 0.05) is 24.2 Å². The summed E-state index contributed by atoms with van der Waals surface area (Å²) in [6.45, 7) is 12.2. The van der Waals surface area contributed by atoms with Crippen molar-refractivity contribution in [2.45, 2.75) is 90.4 Å². The van der Waals surface area contributed by atoms with Crippen molar-refractivity contribution in [3.63, 3.8) is 0 Å². The van der Waals surface area contributed by atoms with E-state index in [1.807, 2.05) is 0 Å². The molecule has 2 heterocycles. The molecule has 18 heavy (non-hydrogen) atoms. The van der Waals surface area contributed by atoms with Crippen molar-refractivity contribution in [1.82, 2.24) is 9.80 Å². The molecule has 4 unspecified atom stereocenters. The molecule has 2 aliphatic heterocycles. The van der Waals surface area contributed by atoms with Crippen LogP contribution in [0.2, 0.25) is 0 Å². The van der Waals surface area contributed by atoms with Gasteiger partial charge in [-0.2, -0.15) is 0 Å². The van der Waals surface area contributed by atoms with Gasteiger partial charge in [0.25, 0.3) is 0 Å². The van der Waals surface area contributed by atoms with Crippen molar-refractivity contribution in [3.05, 3.63) is 0 Å². The fourth-order valence-corrected chi connectivity index (χ4v) is 3.97. The lowest BCUT2D eigenvalue weighted by Gasteiger charge is -2.28. The van der Waals surface area contributed by atoms with Crippen LogP contribution < -0.4 is 0 Å². The summed E-state index contributed by atoms with van der Waals surface area (Å²) in [5.41, 5.74) is 0. The summed E-state index contributed by atoms with van der Waals surface area (Å²) in [6.07, 6.45) is 8.38. The zero-order valence-corrected chi connectivity index (χ0v) is 12.9. The van der Waals surface area contributed by atoms with Gasteiger partial charge in [-0.25, -0.2) is 0 Å². The normalized spacial score (nSPS) is 38.7. The minimum Gasteiger partial charge on any atom is -0.298 e. The predicted octanol–water partition coefficient (Wildman–Crippen LogP) is 3.51. The Balaban J connectivity index is 1.64. The van der Waals surface area contributed by atoms with E-state index in [1.54, 1.807) is 0 Å². The number of nitrogens with zero attached hydrogens (tertiary/aromatic N) is 2. The molecule has 0 aromatic rings. The predicted molar refractivity (Wildman–Crippen MR) is 79.0 cm³/mol. The lowest BCUT2D eigenvalue weighted by atomic mass is 10.2. The van der Waals surface area contributed by atoms with Crippen molar-refractivity contribution < 1.29 is 0 Å². The van der Waals surface area contributed by atoms with E-state index in [2.05, 4.69) is 37.5 Å². The Morgan fingerprint density at radius 2 is 0.889 bits per heavy atom. The highest BCUT2D eigenvalue weighted by atomic mass is 15.2. The maximum absolute atomic E-state index is 2.72. The number of rotatable bonds is 5. The van der Waals surface area contributed by atoms with Gasteiger partial charge in [-0.05, 0) is 79.3 Å². The number of unbranched alkanes of at least 4 members (excludes halogenated alkanes) is 1. The smallest absolute Gasteiger partial charge is 0.00703 e. The first-order valence-corrected chi connectivity index (χ1v) is 8.11. The molecule has 0 spiro atoms. The lowest BCUT2D eigenvalue weighted by Crippen LogP contribution is -2.36. The van der Waals surface area contributed by atoms with Gasteiger partial charge in [-0.15, -0.1) is 0 Å². The Labute approximate surface area is 114 Å². The second kappa shape index (κ2) is 6.38. The molecule has 0 aromatic heterocycles. The highest BCUT2D eigenvalue weighted by molar-refractivity contribution is 4.83. The molecule has 0 aromatic carbocycles. The topological polar surface area (TPSA) is 6.48 Å². The Hall–Kier alpha value is -0.0800. The van der Waals surface area contributed by atoms with Gasteiger partial charge in [0.2, 0.25) is 0 Å². The third-order valence-corrected chi connectivity index (χ3v) is 5.35. The van der Waals surface area contributed by atoms with Crippen molar-refractivity contribution >= 4 is 0 Å². The maximum atomic E-state index is 2.72. The highest BCUT2D eigenvalue weighted by Gasteiger charge is 2.28. The summed E-state index contributed by atoms with van der Waals surface area (Å²) in [7, 11) is 0. The van der Waals surface area contributed by atoms with Gasteiger partial charge in [-0.1, -0.05) is 0 Å². The molecule has 2 aliphatic rings. The fraction of sp³-hybridized carbons (Fsp3) is 1.00. The molecular weight excluding hydrogens is 220 g/mol.